The van der Waals surface area contributed by atoms with E-state index >= 15 is 0 Å². The van der Waals surface area contributed by atoms with Crippen LogP contribution in [0.3, 0.4) is 0 Å². The second-order valence-electron chi connectivity index (χ2n) is 9.84. The Bertz CT molecular complexity index is 1370. The molecule has 0 amide bonds. The van der Waals surface area contributed by atoms with Crippen molar-refractivity contribution < 1.29 is 8.78 Å². The van der Waals surface area contributed by atoms with Crippen molar-refractivity contribution in [2.45, 2.75) is 25.9 Å². The van der Waals surface area contributed by atoms with Crippen LogP contribution in [0, 0.1) is 11.6 Å². The van der Waals surface area contributed by atoms with Gasteiger partial charge in [0.05, 0.1) is 0 Å². The zero-order valence-corrected chi connectivity index (χ0v) is 28.5. The highest BCUT2D eigenvalue weighted by molar-refractivity contribution is 8.16. The molecule has 40 heavy (non-hydrogen) atoms. The molecule has 2 fully saturated rings. The number of benzene rings is 2. The third-order valence-electron chi connectivity index (χ3n) is 6.94. The van der Waals surface area contributed by atoms with Crippen molar-refractivity contribution in [2.75, 3.05) is 40.3 Å². The Hall–Kier alpha value is 0.220. The smallest absolute Gasteiger partial charge is 0.243 e. The first-order chi connectivity index (χ1) is 18.8. The molecule has 2 atom stereocenters. The van der Waals surface area contributed by atoms with E-state index in [9.17, 15) is 8.78 Å². The van der Waals surface area contributed by atoms with Crippen LogP contribution in [0.5, 0.6) is 0 Å². The van der Waals surface area contributed by atoms with Gasteiger partial charge in [0, 0.05) is 39.3 Å². The summed E-state index contributed by atoms with van der Waals surface area (Å²) in [4.78, 5) is 0. The second-order valence-corrected chi connectivity index (χ2v) is 25.9. The molecule has 8 nitrogen and oxygen atoms in total. The lowest BCUT2D eigenvalue weighted by Crippen LogP contribution is -2.37. The average Bonchev–Trinajstić information content (AvgIpc) is 2.86. The highest BCUT2D eigenvalue weighted by Crippen LogP contribution is 2.86. The minimum Gasteiger partial charge on any atom is -0.243 e. The fourth-order valence-electron chi connectivity index (χ4n) is 5.03. The van der Waals surface area contributed by atoms with E-state index in [1.807, 2.05) is 23.4 Å². The summed E-state index contributed by atoms with van der Waals surface area (Å²) >= 11 is 28.4. The third kappa shape index (κ3) is 6.80. The second kappa shape index (κ2) is 12.3. The van der Waals surface area contributed by atoms with Gasteiger partial charge in [0.25, 0.3) is 11.8 Å². The molecular weight excluding hydrogens is 680 g/mol. The molecule has 220 valence electrons. The summed E-state index contributed by atoms with van der Waals surface area (Å²) in [6.07, 6.45) is 1.71. The van der Waals surface area contributed by atoms with Gasteiger partial charge < -0.3 is 0 Å². The molecule has 18 heteroatoms. The molecule has 0 aliphatic carbocycles. The monoisotopic (exact) mass is 708 g/mol. The van der Waals surface area contributed by atoms with Crippen molar-refractivity contribution in [2.24, 2.45) is 18.1 Å². The van der Waals surface area contributed by atoms with E-state index in [0.29, 0.717) is 39.3 Å². The van der Waals surface area contributed by atoms with Gasteiger partial charge in [-0.3, -0.25) is 0 Å². The maximum Gasteiger partial charge on any atom is 0.257 e. The van der Waals surface area contributed by atoms with E-state index in [0.717, 1.165) is 24.0 Å². The fourth-order valence-corrected chi connectivity index (χ4v) is 25.2. The largest absolute Gasteiger partial charge is 0.257 e. The SMILES string of the molecule is CN1CCCN(Cc2ccc(F)cc2)[P@@]12=NP(Cl)(Cl)=N[P@@]1(=NP(Cl)(Cl)=N2)N(C)CCCN1Cc1ccc(F)cc1. The molecule has 2 spiro atoms. The number of halogens is 6. The van der Waals surface area contributed by atoms with Crippen molar-refractivity contribution in [1.29, 1.82) is 0 Å². The molecular formula is C22H30Cl4F2N8P4. The summed E-state index contributed by atoms with van der Waals surface area (Å²) in [6, 6.07) is 12.6. The molecule has 5 rings (SSSR count). The van der Waals surface area contributed by atoms with Crippen molar-refractivity contribution >= 4 is 71.8 Å². The molecule has 0 unspecified atom stereocenters. The number of hydrogen-bond donors (Lipinski definition) is 0. The van der Waals surface area contributed by atoms with Crippen LogP contribution in [-0.2, 0) is 13.1 Å². The normalized spacial score (nSPS) is 29.6. The van der Waals surface area contributed by atoms with Crippen molar-refractivity contribution in [3.8, 4) is 0 Å². The number of nitrogens with zero attached hydrogens (tertiary/aromatic N) is 8. The molecule has 3 aliphatic heterocycles. The van der Waals surface area contributed by atoms with Crippen LogP contribution < -0.4 is 0 Å². The van der Waals surface area contributed by atoms with E-state index in [2.05, 4.69) is 9.34 Å². The molecule has 3 aliphatic rings. The van der Waals surface area contributed by atoms with Crippen molar-refractivity contribution in [1.82, 2.24) is 18.7 Å². The Morgan fingerprint density at radius 1 is 0.600 bits per heavy atom. The first-order valence-electron chi connectivity index (χ1n) is 12.6. The Morgan fingerprint density at radius 3 is 1.30 bits per heavy atom. The predicted octanol–water partition coefficient (Wildman–Crippen LogP) is 10.7. The van der Waals surface area contributed by atoms with Gasteiger partial charge in [0.1, 0.15) is 11.6 Å². The van der Waals surface area contributed by atoms with Crippen LogP contribution in [-0.4, -0.2) is 59.0 Å². The van der Waals surface area contributed by atoms with Gasteiger partial charge in [-0.25, -0.2) is 27.5 Å². The van der Waals surface area contributed by atoms with Crippen molar-refractivity contribution in [3.05, 3.63) is 71.3 Å². The molecule has 0 bridgehead atoms. The lowest BCUT2D eigenvalue weighted by molar-refractivity contribution is 0.333. The maximum atomic E-state index is 13.6. The van der Waals surface area contributed by atoms with E-state index in [1.54, 1.807) is 24.3 Å². The van der Waals surface area contributed by atoms with E-state index in [-0.39, 0.29) is 11.6 Å². The maximum absolute atomic E-state index is 13.6. The Labute approximate surface area is 253 Å². The Balaban J connectivity index is 1.66. The topological polar surface area (TPSA) is 62.4 Å². The van der Waals surface area contributed by atoms with Gasteiger partial charge in [-0.2, -0.15) is 18.1 Å². The molecule has 0 aromatic heterocycles. The summed E-state index contributed by atoms with van der Waals surface area (Å²) < 4.78 is 55.8. The minimum absolute atomic E-state index is 0.309. The van der Waals surface area contributed by atoms with E-state index in [1.165, 1.54) is 24.3 Å². The van der Waals surface area contributed by atoms with E-state index < -0.39 is 26.8 Å². The first-order valence-corrected chi connectivity index (χ1v) is 22.8. The highest BCUT2D eigenvalue weighted by atomic mass is 35.9. The summed E-state index contributed by atoms with van der Waals surface area (Å²) in [5.41, 5.74) is 1.78. The molecule has 3 heterocycles. The summed E-state index contributed by atoms with van der Waals surface area (Å²) in [7, 11) is -2.19. The van der Waals surface area contributed by atoms with Gasteiger partial charge in [-0.15, -0.1) is 0 Å². The summed E-state index contributed by atoms with van der Waals surface area (Å²) in [5, 5.41) is 0. The first kappa shape index (κ1) is 31.6. The predicted molar refractivity (Wildman–Crippen MR) is 169 cm³/mol. The lowest BCUT2D eigenvalue weighted by atomic mass is 10.2. The zero-order chi connectivity index (χ0) is 28.8. The molecule has 2 aromatic rings. The summed E-state index contributed by atoms with van der Waals surface area (Å²) in [6.45, 7) is 3.56. The van der Waals surface area contributed by atoms with Crippen molar-refractivity contribution in [3.63, 3.8) is 0 Å². The van der Waals surface area contributed by atoms with Gasteiger partial charge in [-0.1, -0.05) is 24.3 Å². The van der Waals surface area contributed by atoms with Gasteiger partial charge in [0.2, 0.25) is 15.0 Å². The van der Waals surface area contributed by atoms with Crippen LogP contribution in [0.15, 0.2) is 66.6 Å². The van der Waals surface area contributed by atoms with Gasteiger partial charge in [-0.05, 0) is 107 Å². The standard InChI is InChI=1S/C22H30Cl4F2N8P4/c1-33-13-3-15-35(17-19-5-9-21(27)10-6-19)39(33)29-37(23,24)31-40(32-38(25,26)30-39)34(2)14-4-16-36(40)18-20-7-11-22(28)12-8-20/h5-12H,3-4,13-18H2,1-2H3/t39-,40-. The van der Waals surface area contributed by atoms with Gasteiger partial charge >= 0.3 is 0 Å². The molecule has 0 saturated carbocycles. The van der Waals surface area contributed by atoms with Crippen LogP contribution in [0.4, 0.5) is 8.78 Å². The fraction of sp³-hybridized carbons (Fsp3) is 0.455. The van der Waals surface area contributed by atoms with Crippen LogP contribution in [0.25, 0.3) is 0 Å². The molecule has 0 radical (unpaired) electrons. The summed E-state index contributed by atoms with van der Waals surface area (Å²) in [5.74, 6) is -7.39. The molecule has 2 saturated heterocycles. The average molecular weight is 710 g/mol. The van der Waals surface area contributed by atoms with E-state index in [4.69, 9.17) is 63.0 Å². The molecule has 2 aromatic carbocycles. The van der Waals surface area contributed by atoms with Crippen LogP contribution >= 0.6 is 71.8 Å². The number of hydrogen-bond acceptors (Lipinski definition) is 8. The van der Waals surface area contributed by atoms with Crippen LogP contribution in [0.2, 0.25) is 0 Å². The van der Waals surface area contributed by atoms with Gasteiger partial charge in [0.15, 0.2) is 0 Å². The number of rotatable bonds is 4. The third-order valence-corrected chi connectivity index (χ3v) is 23.5. The Kier molecular flexibility index (Phi) is 9.74. The zero-order valence-electron chi connectivity index (χ0n) is 21.9. The quantitative estimate of drug-likeness (QED) is 0.297. The Morgan fingerprint density at radius 2 is 0.950 bits per heavy atom. The minimum atomic E-state index is -3.39. The highest BCUT2D eigenvalue weighted by Gasteiger charge is 2.45. The van der Waals surface area contributed by atoms with Crippen LogP contribution in [0.1, 0.15) is 24.0 Å². The molecule has 0 N–H and O–H groups in total. The lowest BCUT2D eigenvalue weighted by Gasteiger charge is -2.47.